The number of aliphatic hydroxyl groups is 3. The van der Waals surface area contributed by atoms with Gasteiger partial charge in [-0.15, -0.1) is 0 Å². The molecule has 1 aromatic carbocycles. The van der Waals surface area contributed by atoms with Crippen LogP contribution in [0.15, 0.2) is 12.1 Å². The summed E-state index contributed by atoms with van der Waals surface area (Å²) in [6, 6.07) is 4.11. The van der Waals surface area contributed by atoms with Gasteiger partial charge in [0.1, 0.15) is 6.10 Å². The Kier molecular flexibility index (Phi) is 5.48. The van der Waals surface area contributed by atoms with Gasteiger partial charge in [0, 0.05) is 31.2 Å². The summed E-state index contributed by atoms with van der Waals surface area (Å²) in [4.78, 5) is 2.51. The van der Waals surface area contributed by atoms with Gasteiger partial charge in [-0.1, -0.05) is 19.4 Å². The first kappa shape index (κ1) is 21.5. The van der Waals surface area contributed by atoms with Gasteiger partial charge in [-0.25, -0.2) is 0 Å². The quantitative estimate of drug-likeness (QED) is 0.549. The van der Waals surface area contributed by atoms with Crippen LogP contribution >= 0.6 is 0 Å². The van der Waals surface area contributed by atoms with Crippen molar-refractivity contribution in [3.8, 4) is 11.5 Å². The highest BCUT2D eigenvalue weighted by Crippen LogP contribution is 2.62. The van der Waals surface area contributed by atoms with E-state index < -0.39 is 23.2 Å². The molecule has 2 aliphatic heterocycles. The smallest absolute Gasteiger partial charge is 0.166 e. The van der Waals surface area contributed by atoms with Crippen LogP contribution in [0.5, 0.6) is 11.5 Å². The molecular formula is C25H37NO5. The topological polar surface area (TPSA) is 82.4 Å². The van der Waals surface area contributed by atoms with Crippen molar-refractivity contribution >= 4 is 0 Å². The number of aliphatic hydroxyl groups excluding tert-OH is 2. The Morgan fingerprint density at radius 3 is 2.81 bits per heavy atom. The van der Waals surface area contributed by atoms with Crippen LogP contribution in [0, 0.1) is 5.92 Å². The van der Waals surface area contributed by atoms with Crippen LogP contribution in [-0.2, 0) is 11.8 Å². The third-order valence-electron chi connectivity index (χ3n) is 8.63. The number of benzene rings is 1. The lowest BCUT2D eigenvalue weighted by Crippen LogP contribution is -2.74. The van der Waals surface area contributed by atoms with E-state index in [-0.39, 0.29) is 12.6 Å². The summed E-state index contributed by atoms with van der Waals surface area (Å²) in [6.45, 7) is 6.41. The van der Waals surface area contributed by atoms with Gasteiger partial charge < -0.3 is 24.8 Å². The second-order valence-electron chi connectivity index (χ2n) is 10.2. The number of hydrogen-bond acceptors (Lipinski definition) is 6. The summed E-state index contributed by atoms with van der Waals surface area (Å²) in [5.74, 6) is 2.10. The molecule has 172 valence electrons. The zero-order valence-electron chi connectivity index (χ0n) is 18.8. The summed E-state index contributed by atoms with van der Waals surface area (Å²) in [6.07, 6.45) is 5.46. The molecule has 0 amide bonds. The van der Waals surface area contributed by atoms with E-state index in [1.807, 2.05) is 19.9 Å². The molecule has 1 aromatic rings. The van der Waals surface area contributed by atoms with E-state index in [4.69, 9.17) is 14.6 Å². The molecule has 0 unspecified atom stereocenters. The number of ether oxygens (including phenoxy) is 2. The molecule has 6 heteroatoms. The molecule has 6 nitrogen and oxygen atoms in total. The van der Waals surface area contributed by atoms with E-state index in [9.17, 15) is 10.2 Å². The number of rotatable bonds is 8. The van der Waals surface area contributed by atoms with E-state index in [2.05, 4.69) is 11.0 Å². The second-order valence-corrected chi connectivity index (χ2v) is 10.2. The SMILES string of the molecule is CC[C@H](O)[C@@H]1Oc2c(OCCCO)ccc3c2[C@@]12CCN(CC1CCC1)[C@H](C3)[C@@]2(C)O. The first-order chi connectivity index (χ1) is 14.9. The second kappa shape index (κ2) is 7.91. The predicted molar refractivity (Wildman–Crippen MR) is 118 cm³/mol. The molecule has 2 fully saturated rings. The molecule has 4 aliphatic rings. The molecule has 0 aromatic heterocycles. The predicted octanol–water partition coefficient (Wildman–Crippen LogP) is 2.40. The van der Waals surface area contributed by atoms with Gasteiger partial charge in [-0.3, -0.25) is 4.90 Å². The molecular weight excluding hydrogens is 394 g/mol. The number of nitrogens with zero attached hydrogens (tertiary/aromatic N) is 1. The molecule has 3 N–H and O–H groups in total. The largest absolute Gasteiger partial charge is 0.490 e. The van der Waals surface area contributed by atoms with Gasteiger partial charge in [0.25, 0.3) is 0 Å². The van der Waals surface area contributed by atoms with Crippen LogP contribution < -0.4 is 9.47 Å². The number of piperidine rings is 1. The van der Waals surface area contributed by atoms with Crippen LogP contribution in [0.1, 0.15) is 63.5 Å². The van der Waals surface area contributed by atoms with Crippen molar-refractivity contribution in [2.75, 3.05) is 26.3 Å². The van der Waals surface area contributed by atoms with Crippen LogP contribution in [0.25, 0.3) is 0 Å². The lowest BCUT2D eigenvalue weighted by atomic mass is 9.52. The minimum Gasteiger partial charge on any atom is -0.490 e. The fourth-order valence-electron chi connectivity index (χ4n) is 6.68. The van der Waals surface area contributed by atoms with Crippen molar-refractivity contribution in [3.05, 3.63) is 23.3 Å². The third-order valence-corrected chi connectivity index (χ3v) is 8.63. The summed E-state index contributed by atoms with van der Waals surface area (Å²) in [7, 11) is 0. The molecule has 2 aliphatic carbocycles. The fraction of sp³-hybridized carbons (Fsp3) is 0.760. The summed E-state index contributed by atoms with van der Waals surface area (Å²) in [5, 5.41) is 32.3. The monoisotopic (exact) mass is 431 g/mol. The van der Waals surface area contributed by atoms with E-state index in [1.54, 1.807) is 0 Å². The minimum atomic E-state index is -1.00. The molecule has 0 radical (unpaired) electrons. The average Bonchev–Trinajstić information content (AvgIpc) is 3.06. The third kappa shape index (κ3) is 3.05. The lowest BCUT2D eigenvalue weighted by molar-refractivity contribution is -0.172. The molecule has 31 heavy (non-hydrogen) atoms. The maximum Gasteiger partial charge on any atom is 0.166 e. The van der Waals surface area contributed by atoms with Crippen molar-refractivity contribution in [1.82, 2.24) is 4.90 Å². The van der Waals surface area contributed by atoms with E-state index in [1.165, 1.54) is 24.8 Å². The average molecular weight is 432 g/mol. The molecule has 2 bridgehead atoms. The molecule has 5 rings (SSSR count). The van der Waals surface area contributed by atoms with Crippen LogP contribution in [0.3, 0.4) is 0 Å². The van der Waals surface area contributed by atoms with Gasteiger partial charge in [0.15, 0.2) is 11.5 Å². The first-order valence-corrected chi connectivity index (χ1v) is 12.1. The highest BCUT2D eigenvalue weighted by Gasteiger charge is 2.69. The standard InChI is InChI=1S/C25H37NO5/c1-3-18(28)23-25-10-11-26(15-16-6-4-7-16)20(24(25,2)29)14-17-8-9-19(30-13-5-12-27)22(31-23)21(17)25/h8-9,16,18,20,23,27-29H,3-7,10-15H2,1-2H3/t18-,20+,23-,24+,25-/m0/s1. The highest BCUT2D eigenvalue weighted by molar-refractivity contribution is 5.62. The molecule has 1 spiro atoms. The Morgan fingerprint density at radius 2 is 2.13 bits per heavy atom. The van der Waals surface area contributed by atoms with E-state index in [0.29, 0.717) is 30.9 Å². The Labute approximate surface area is 185 Å². The molecule has 1 saturated heterocycles. The Balaban J connectivity index is 1.58. The fourth-order valence-corrected chi connectivity index (χ4v) is 6.68. The normalized spacial score (nSPS) is 35.3. The van der Waals surface area contributed by atoms with Crippen LogP contribution in [0.4, 0.5) is 0 Å². The Morgan fingerprint density at radius 1 is 1.32 bits per heavy atom. The van der Waals surface area contributed by atoms with Gasteiger partial charge in [-0.2, -0.15) is 0 Å². The van der Waals surface area contributed by atoms with E-state index >= 15 is 0 Å². The zero-order valence-corrected chi connectivity index (χ0v) is 18.8. The number of hydrogen-bond donors (Lipinski definition) is 3. The van der Waals surface area contributed by atoms with Gasteiger partial charge in [0.2, 0.25) is 0 Å². The maximum absolute atomic E-state index is 12.2. The van der Waals surface area contributed by atoms with Crippen LogP contribution in [-0.4, -0.2) is 70.4 Å². The summed E-state index contributed by atoms with van der Waals surface area (Å²) in [5.41, 5.74) is 0.626. The Hall–Kier alpha value is -1.34. The van der Waals surface area contributed by atoms with E-state index in [0.717, 1.165) is 37.4 Å². The Bertz CT molecular complexity index is 822. The maximum atomic E-state index is 12.2. The number of fused-ring (bicyclic) bond motifs is 1. The van der Waals surface area contributed by atoms with Crippen molar-refractivity contribution in [1.29, 1.82) is 0 Å². The number of likely N-dealkylation sites (tertiary alicyclic amines) is 1. The van der Waals surface area contributed by atoms with Crippen molar-refractivity contribution < 1.29 is 24.8 Å². The molecule has 1 saturated carbocycles. The molecule has 5 atom stereocenters. The van der Waals surface area contributed by atoms with Gasteiger partial charge in [-0.05, 0) is 63.1 Å². The lowest BCUT2D eigenvalue weighted by Gasteiger charge is -2.60. The van der Waals surface area contributed by atoms with Gasteiger partial charge >= 0.3 is 0 Å². The van der Waals surface area contributed by atoms with Crippen molar-refractivity contribution in [2.24, 2.45) is 5.92 Å². The zero-order chi connectivity index (χ0) is 21.8. The van der Waals surface area contributed by atoms with Crippen molar-refractivity contribution in [2.45, 2.75) is 88.1 Å². The van der Waals surface area contributed by atoms with Crippen LogP contribution in [0.2, 0.25) is 0 Å². The van der Waals surface area contributed by atoms with Gasteiger partial charge in [0.05, 0.1) is 23.7 Å². The summed E-state index contributed by atoms with van der Waals surface area (Å²) >= 11 is 0. The summed E-state index contributed by atoms with van der Waals surface area (Å²) < 4.78 is 12.5. The minimum absolute atomic E-state index is 0.0246. The first-order valence-electron chi connectivity index (χ1n) is 12.1. The highest BCUT2D eigenvalue weighted by atomic mass is 16.5. The van der Waals surface area contributed by atoms with Crippen molar-refractivity contribution in [3.63, 3.8) is 0 Å². The molecule has 2 heterocycles.